The number of carbonyl (C=O) groups excluding carboxylic acids is 3. The molecule has 1 atom stereocenters. The largest absolute Gasteiger partial charge is 0.481 e. The van der Waals surface area contributed by atoms with Crippen molar-refractivity contribution < 1.29 is 28.7 Å². The summed E-state index contributed by atoms with van der Waals surface area (Å²) in [5.41, 5.74) is 3.65. The van der Waals surface area contributed by atoms with Crippen LogP contribution in [0.4, 0.5) is 10.2 Å². The highest BCUT2D eigenvalue weighted by atomic mass is 19.1. The van der Waals surface area contributed by atoms with Gasteiger partial charge in [0.2, 0.25) is 5.91 Å². The van der Waals surface area contributed by atoms with Crippen LogP contribution in [0.25, 0.3) is 22.0 Å². The molecule has 0 aliphatic rings. The molecule has 6 aromatic rings. The number of anilines is 1. The van der Waals surface area contributed by atoms with Gasteiger partial charge in [-0.15, -0.1) is 0 Å². The number of halogens is 1. The van der Waals surface area contributed by atoms with Crippen LogP contribution in [-0.2, 0) is 21.5 Å². The van der Waals surface area contributed by atoms with Crippen molar-refractivity contribution in [3.05, 3.63) is 167 Å². The minimum absolute atomic E-state index is 0.227. The van der Waals surface area contributed by atoms with E-state index in [2.05, 4.69) is 15.6 Å². The zero-order chi connectivity index (χ0) is 37.7. The molecule has 6 rings (SSSR count). The molecular weight excluding hydrogens is 671 g/mol. The number of hydrogen-bond acceptors (Lipinski definition) is 5. The van der Waals surface area contributed by atoms with E-state index < -0.39 is 23.3 Å². The minimum Gasteiger partial charge on any atom is -0.481 e. The summed E-state index contributed by atoms with van der Waals surface area (Å²) in [6.07, 6.45) is 0. The Morgan fingerprint density at radius 3 is 2.17 bits per heavy atom. The first-order chi connectivity index (χ1) is 25.4. The number of aromatic nitrogens is 1. The monoisotopic (exact) mass is 708 g/mol. The molecule has 0 saturated heterocycles. The first-order valence-electron chi connectivity index (χ1n) is 16.9. The van der Waals surface area contributed by atoms with Gasteiger partial charge in [0, 0.05) is 30.1 Å². The molecule has 0 bridgehead atoms. The minimum atomic E-state index is -1.06. The Labute approximate surface area is 306 Å². The average molecular weight is 709 g/mol. The third-order valence-corrected chi connectivity index (χ3v) is 9.18. The summed E-state index contributed by atoms with van der Waals surface area (Å²) < 4.78 is 13.4. The number of benzene rings is 5. The maximum atomic E-state index is 13.7. The molecule has 0 unspecified atom stereocenters. The zero-order valence-corrected chi connectivity index (χ0v) is 29.3. The molecule has 0 aliphatic heterocycles. The highest BCUT2D eigenvalue weighted by molar-refractivity contribution is 6.09. The number of amides is 3. The fourth-order valence-corrected chi connectivity index (χ4v) is 5.95. The number of likely N-dealkylation sites (N-methyl/N-ethyl adjacent to an activating group) is 1. The SMILES string of the molecule is CN(Cc1ccc(F)cc1)C(=O)[C@@H](NC(=O)c1ccc2nc(NC(=O)c3ccccc3-c3ccc(C(C)(C)C(=O)O)cc3)ccc2c1)c1ccccc1. The number of carbonyl (C=O) groups is 4. The van der Waals surface area contributed by atoms with Gasteiger partial charge in [0.15, 0.2) is 0 Å². The van der Waals surface area contributed by atoms with Crippen LogP contribution in [0.1, 0.15) is 57.3 Å². The molecule has 9 nitrogen and oxygen atoms in total. The molecule has 0 fully saturated rings. The molecule has 0 radical (unpaired) electrons. The number of hydrogen-bond donors (Lipinski definition) is 3. The van der Waals surface area contributed by atoms with E-state index in [1.165, 1.54) is 17.0 Å². The number of aliphatic carboxylic acids is 1. The van der Waals surface area contributed by atoms with Gasteiger partial charge in [-0.1, -0.05) is 84.9 Å². The maximum Gasteiger partial charge on any atom is 0.313 e. The van der Waals surface area contributed by atoms with Crippen LogP contribution in [-0.4, -0.2) is 45.7 Å². The zero-order valence-electron chi connectivity index (χ0n) is 29.3. The molecule has 3 amide bonds. The molecule has 0 spiro atoms. The van der Waals surface area contributed by atoms with E-state index in [0.717, 1.165) is 11.1 Å². The van der Waals surface area contributed by atoms with E-state index in [4.69, 9.17) is 0 Å². The van der Waals surface area contributed by atoms with Crippen LogP contribution in [0.15, 0.2) is 133 Å². The molecule has 0 saturated carbocycles. The van der Waals surface area contributed by atoms with Gasteiger partial charge in [-0.25, -0.2) is 9.37 Å². The Balaban J connectivity index is 1.18. The smallest absolute Gasteiger partial charge is 0.313 e. The second-order valence-electron chi connectivity index (χ2n) is 13.2. The van der Waals surface area contributed by atoms with Crippen molar-refractivity contribution in [3.8, 4) is 11.1 Å². The van der Waals surface area contributed by atoms with E-state index in [-0.39, 0.29) is 24.2 Å². The summed E-state index contributed by atoms with van der Waals surface area (Å²) in [5.74, 6) is -2.16. The Kier molecular flexibility index (Phi) is 10.4. The highest BCUT2D eigenvalue weighted by Gasteiger charge is 2.29. The van der Waals surface area contributed by atoms with E-state index >= 15 is 0 Å². The quantitative estimate of drug-likeness (QED) is 0.126. The number of nitrogens with one attached hydrogen (secondary N) is 2. The second kappa shape index (κ2) is 15.3. The average Bonchev–Trinajstić information content (AvgIpc) is 3.17. The van der Waals surface area contributed by atoms with Gasteiger partial charge in [0.05, 0.1) is 10.9 Å². The van der Waals surface area contributed by atoms with Crippen LogP contribution >= 0.6 is 0 Å². The summed E-state index contributed by atoms with van der Waals surface area (Å²) in [6.45, 7) is 3.51. The Hall–Kier alpha value is -6.68. The van der Waals surface area contributed by atoms with Crippen LogP contribution < -0.4 is 10.6 Å². The van der Waals surface area contributed by atoms with E-state index in [9.17, 15) is 28.7 Å². The van der Waals surface area contributed by atoms with E-state index in [1.54, 1.807) is 124 Å². The van der Waals surface area contributed by atoms with Crippen LogP contribution in [0.5, 0.6) is 0 Å². The molecule has 53 heavy (non-hydrogen) atoms. The fourth-order valence-electron chi connectivity index (χ4n) is 5.95. The van der Waals surface area contributed by atoms with Crippen molar-refractivity contribution in [2.75, 3.05) is 12.4 Å². The summed E-state index contributed by atoms with van der Waals surface area (Å²) in [4.78, 5) is 58.6. The number of carboxylic acid groups (broad SMARTS) is 1. The van der Waals surface area contributed by atoms with Gasteiger partial charge in [0.25, 0.3) is 11.8 Å². The molecule has 1 heterocycles. The molecule has 266 valence electrons. The lowest BCUT2D eigenvalue weighted by Gasteiger charge is -2.25. The maximum absolute atomic E-state index is 13.7. The number of rotatable bonds is 11. The lowest BCUT2D eigenvalue weighted by atomic mass is 9.84. The highest BCUT2D eigenvalue weighted by Crippen LogP contribution is 2.29. The standard InChI is InChI=1S/C43H37FN4O5/c1-43(2,42(52)53)32-19-15-28(16-20-32)34-11-7-8-12-35(34)40(50)46-37-24-18-30-25-31(17-23-36(30)45-37)39(49)47-38(29-9-5-4-6-10-29)41(51)48(3)26-27-13-21-33(44)22-14-27/h4-25,38H,26H2,1-3H3,(H,47,49)(H,52,53)(H,45,46,50)/t38-/m0/s1. The van der Waals surface area contributed by atoms with Gasteiger partial charge in [0.1, 0.15) is 17.7 Å². The fraction of sp³-hybridized carbons (Fsp3) is 0.140. The van der Waals surface area contributed by atoms with Crippen molar-refractivity contribution in [1.82, 2.24) is 15.2 Å². The summed E-state index contributed by atoms with van der Waals surface area (Å²) in [6, 6.07) is 36.5. The third-order valence-electron chi connectivity index (χ3n) is 9.18. The Morgan fingerprint density at radius 2 is 1.47 bits per heavy atom. The molecule has 1 aromatic heterocycles. The van der Waals surface area contributed by atoms with Crippen molar-refractivity contribution in [3.63, 3.8) is 0 Å². The first kappa shape index (κ1) is 36.1. The Bertz CT molecular complexity index is 2310. The van der Waals surface area contributed by atoms with Crippen molar-refractivity contribution >= 4 is 40.4 Å². The van der Waals surface area contributed by atoms with Gasteiger partial charge in [-0.2, -0.15) is 0 Å². The second-order valence-corrected chi connectivity index (χ2v) is 13.2. The molecule has 5 aromatic carbocycles. The third kappa shape index (κ3) is 8.12. The lowest BCUT2D eigenvalue weighted by Crippen LogP contribution is -2.41. The normalized spacial score (nSPS) is 11.8. The van der Waals surface area contributed by atoms with Crippen molar-refractivity contribution in [2.45, 2.75) is 31.8 Å². The Morgan fingerprint density at radius 1 is 0.792 bits per heavy atom. The molecule has 10 heteroatoms. The van der Waals surface area contributed by atoms with Crippen LogP contribution in [0.2, 0.25) is 0 Å². The van der Waals surface area contributed by atoms with E-state index in [0.29, 0.717) is 44.5 Å². The number of carboxylic acids is 1. The van der Waals surface area contributed by atoms with Crippen LogP contribution in [0, 0.1) is 5.82 Å². The van der Waals surface area contributed by atoms with Crippen LogP contribution in [0.3, 0.4) is 0 Å². The van der Waals surface area contributed by atoms with Crippen molar-refractivity contribution in [2.24, 2.45) is 0 Å². The summed E-state index contributed by atoms with van der Waals surface area (Å²) >= 11 is 0. The van der Waals surface area contributed by atoms with Gasteiger partial charge in [-0.3, -0.25) is 19.2 Å². The van der Waals surface area contributed by atoms with Gasteiger partial charge in [-0.05, 0) is 90.2 Å². The number of fused-ring (bicyclic) bond motifs is 1. The summed E-state index contributed by atoms with van der Waals surface area (Å²) in [7, 11) is 1.63. The number of pyridine rings is 1. The molecule has 0 aliphatic carbocycles. The van der Waals surface area contributed by atoms with Gasteiger partial charge < -0.3 is 20.6 Å². The molecular formula is C43H37FN4O5. The lowest BCUT2D eigenvalue weighted by molar-refractivity contribution is -0.142. The summed E-state index contributed by atoms with van der Waals surface area (Å²) in [5, 5.41) is 16.0. The topological polar surface area (TPSA) is 129 Å². The first-order valence-corrected chi connectivity index (χ1v) is 16.9. The van der Waals surface area contributed by atoms with Crippen molar-refractivity contribution in [1.29, 1.82) is 0 Å². The van der Waals surface area contributed by atoms with E-state index in [1.807, 2.05) is 18.2 Å². The predicted octanol–water partition coefficient (Wildman–Crippen LogP) is 7.79. The molecule has 3 N–H and O–H groups in total. The predicted molar refractivity (Wildman–Crippen MR) is 202 cm³/mol. The van der Waals surface area contributed by atoms with Gasteiger partial charge >= 0.3 is 5.97 Å². The number of nitrogens with zero attached hydrogens (tertiary/aromatic N) is 2.